The Morgan fingerprint density at radius 2 is 1.75 bits per heavy atom. The molecule has 2 saturated heterocycles. The molecule has 0 aliphatic carbocycles. The van der Waals surface area contributed by atoms with Gasteiger partial charge in [-0.1, -0.05) is 30.7 Å². The molecule has 1 amide bonds. The van der Waals surface area contributed by atoms with Crippen molar-refractivity contribution in [1.82, 2.24) is 9.21 Å². The number of sulfonamides is 1. The highest BCUT2D eigenvalue weighted by atomic mass is 35.5. The van der Waals surface area contributed by atoms with Crippen molar-refractivity contribution in [1.29, 1.82) is 0 Å². The van der Waals surface area contributed by atoms with E-state index in [2.05, 4.69) is 0 Å². The SMILES string of the molecule is CCc1ccc(S(=O)(=O)N2CCC[C@](COc3ccc(Cl)c(C)c3)(CC(=O)N3CCCCC3)C2)cc1. The molecule has 0 saturated carbocycles. The van der Waals surface area contributed by atoms with Crippen molar-refractivity contribution in [2.24, 2.45) is 5.41 Å². The van der Waals surface area contributed by atoms with Crippen LogP contribution in [-0.2, 0) is 21.2 Å². The molecule has 2 aromatic carbocycles. The Kier molecular flexibility index (Phi) is 8.63. The summed E-state index contributed by atoms with van der Waals surface area (Å²) >= 11 is 6.18. The van der Waals surface area contributed by atoms with Crippen LogP contribution in [0.2, 0.25) is 5.02 Å². The number of hydrogen-bond acceptors (Lipinski definition) is 4. The number of ether oxygens (including phenoxy) is 1. The zero-order valence-electron chi connectivity index (χ0n) is 21.3. The predicted molar refractivity (Wildman–Crippen MR) is 143 cm³/mol. The van der Waals surface area contributed by atoms with Crippen LogP contribution in [0.15, 0.2) is 47.4 Å². The second-order valence-electron chi connectivity index (χ2n) is 10.3. The van der Waals surface area contributed by atoms with E-state index in [0.29, 0.717) is 28.6 Å². The van der Waals surface area contributed by atoms with Crippen LogP contribution in [0.4, 0.5) is 0 Å². The van der Waals surface area contributed by atoms with E-state index < -0.39 is 15.4 Å². The van der Waals surface area contributed by atoms with Crippen molar-refractivity contribution in [3.05, 3.63) is 58.6 Å². The molecular weight excluding hydrogens is 496 g/mol. The van der Waals surface area contributed by atoms with Gasteiger partial charge in [0.15, 0.2) is 0 Å². The van der Waals surface area contributed by atoms with Crippen molar-refractivity contribution < 1.29 is 17.9 Å². The monoisotopic (exact) mass is 532 g/mol. The summed E-state index contributed by atoms with van der Waals surface area (Å²) in [4.78, 5) is 15.6. The van der Waals surface area contributed by atoms with Gasteiger partial charge in [0.2, 0.25) is 15.9 Å². The van der Waals surface area contributed by atoms with Gasteiger partial charge in [0.1, 0.15) is 5.75 Å². The van der Waals surface area contributed by atoms with E-state index in [1.54, 1.807) is 22.5 Å². The summed E-state index contributed by atoms with van der Waals surface area (Å²) in [6.45, 7) is 6.49. The topological polar surface area (TPSA) is 66.9 Å². The third-order valence-electron chi connectivity index (χ3n) is 7.51. The first-order valence-corrected chi connectivity index (χ1v) is 14.8. The Bertz CT molecular complexity index is 1160. The number of amides is 1. The lowest BCUT2D eigenvalue weighted by Gasteiger charge is -2.42. The summed E-state index contributed by atoms with van der Waals surface area (Å²) in [6.07, 6.45) is 5.74. The molecule has 2 aliphatic heterocycles. The minimum absolute atomic E-state index is 0.0946. The molecule has 2 aliphatic rings. The number of hydrogen-bond donors (Lipinski definition) is 0. The smallest absolute Gasteiger partial charge is 0.243 e. The molecule has 2 heterocycles. The molecule has 0 spiro atoms. The average molecular weight is 533 g/mol. The molecule has 2 aromatic rings. The fourth-order valence-electron chi connectivity index (χ4n) is 5.25. The maximum Gasteiger partial charge on any atom is 0.243 e. The van der Waals surface area contributed by atoms with E-state index in [1.165, 1.54) is 0 Å². The van der Waals surface area contributed by atoms with E-state index in [0.717, 1.165) is 56.3 Å². The molecule has 0 unspecified atom stereocenters. The predicted octanol–water partition coefficient (Wildman–Crippen LogP) is 5.46. The zero-order valence-corrected chi connectivity index (χ0v) is 22.9. The van der Waals surface area contributed by atoms with Crippen LogP contribution >= 0.6 is 11.6 Å². The second kappa shape index (κ2) is 11.5. The largest absolute Gasteiger partial charge is 0.493 e. The average Bonchev–Trinajstić information content (AvgIpc) is 2.90. The van der Waals surface area contributed by atoms with E-state index in [9.17, 15) is 13.2 Å². The number of likely N-dealkylation sites (tertiary alicyclic amines) is 1. The highest BCUT2D eigenvalue weighted by Gasteiger charge is 2.43. The minimum Gasteiger partial charge on any atom is -0.493 e. The Balaban J connectivity index is 1.58. The number of aryl methyl sites for hydroxylation is 2. The van der Waals surface area contributed by atoms with Gasteiger partial charge < -0.3 is 9.64 Å². The third kappa shape index (κ3) is 6.24. The van der Waals surface area contributed by atoms with Crippen molar-refractivity contribution in [2.45, 2.75) is 63.7 Å². The fraction of sp³-hybridized carbons (Fsp3) is 0.536. The Labute approximate surface area is 220 Å². The maximum absolute atomic E-state index is 13.6. The summed E-state index contributed by atoms with van der Waals surface area (Å²) in [7, 11) is -3.68. The lowest BCUT2D eigenvalue weighted by Crippen LogP contribution is -2.51. The first-order valence-electron chi connectivity index (χ1n) is 13.0. The summed E-state index contributed by atoms with van der Waals surface area (Å²) in [5.41, 5.74) is 1.41. The van der Waals surface area contributed by atoms with E-state index in [-0.39, 0.29) is 25.5 Å². The summed E-state index contributed by atoms with van der Waals surface area (Å²) in [6, 6.07) is 12.6. The van der Waals surface area contributed by atoms with Crippen LogP contribution in [-0.4, -0.2) is 56.3 Å². The number of benzene rings is 2. The van der Waals surface area contributed by atoms with Gasteiger partial charge in [-0.25, -0.2) is 8.42 Å². The third-order valence-corrected chi connectivity index (χ3v) is 9.79. The lowest BCUT2D eigenvalue weighted by atomic mass is 9.78. The van der Waals surface area contributed by atoms with Crippen molar-refractivity contribution >= 4 is 27.5 Å². The molecule has 0 bridgehead atoms. The highest BCUT2D eigenvalue weighted by Crippen LogP contribution is 2.38. The number of halogens is 1. The number of nitrogens with zero attached hydrogens (tertiary/aromatic N) is 2. The molecule has 36 heavy (non-hydrogen) atoms. The molecule has 1 atom stereocenters. The van der Waals surface area contributed by atoms with Gasteiger partial charge in [0.05, 0.1) is 11.5 Å². The Hall–Kier alpha value is -2.09. The fourth-order valence-corrected chi connectivity index (χ4v) is 6.96. The molecule has 4 rings (SSSR count). The van der Waals surface area contributed by atoms with Gasteiger partial charge in [-0.3, -0.25) is 4.79 Å². The molecule has 6 nitrogen and oxygen atoms in total. The lowest BCUT2D eigenvalue weighted by molar-refractivity contribution is -0.136. The zero-order chi connectivity index (χ0) is 25.8. The van der Waals surface area contributed by atoms with Crippen molar-refractivity contribution in [3.63, 3.8) is 0 Å². The quantitative estimate of drug-likeness (QED) is 0.452. The normalized spacial score (nSPS) is 21.4. The van der Waals surface area contributed by atoms with Crippen LogP contribution in [0.3, 0.4) is 0 Å². The van der Waals surface area contributed by atoms with Crippen LogP contribution in [0, 0.1) is 12.3 Å². The standard InChI is InChI=1S/C28H37ClN2O4S/c1-3-23-8-11-25(12-9-23)36(33,34)31-17-7-14-28(20-31,19-27(32)30-15-5-4-6-16-30)21-35-24-10-13-26(29)22(2)18-24/h8-13,18H,3-7,14-17,19-21H2,1-2H3/t28-/m0/s1. The van der Waals surface area contributed by atoms with Crippen molar-refractivity contribution in [2.75, 3.05) is 32.8 Å². The van der Waals surface area contributed by atoms with Crippen LogP contribution in [0.25, 0.3) is 0 Å². The molecule has 0 aromatic heterocycles. The van der Waals surface area contributed by atoms with Gasteiger partial charge >= 0.3 is 0 Å². The minimum atomic E-state index is -3.68. The summed E-state index contributed by atoms with van der Waals surface area (Å²) < 4.78 is 35.0. The maximum atomic E-state index is 13.6. The van der Waals surface area contributed by atoms with Gasteiger partial charge in [0, 0.05) is 43.0 Å². The number of rotatable bonds is 8. The molecule has 2 fully saturated rings. The molecular formula is C28H37ClN2O4S. The van der Waals surface area contributed by atoms with E-state index >= 15 is 0 Å². The molecule has 8 heteroatoms. The number of carbonyl (C=O) groups is 1. The van der Waals surface area contributed by atoms with Gasteiger partial charge in [0.25, 0.3) is 0 Å². The second-order valence-corrected chi connectivity index (χ2v) is 12.6. The van der Waals surface area contributed by atoms with Crippen LogP contribution in [0.5, 0.6) is 5.75 Å². The first kappa shape index (κ1) is 27.0. The molecule has 0 radical (unpaired) electrons. The van der Waals surface area contributed by atoms with Gasteiger partial charge in [-0.05, 0) is 86.9 Å². The molecule has 196 valence electrons. The Morgan fingerprint density at radius 3 is 2.42 bits per heavy atom. The number of carbonyl (C=O) groups excluding carboxylic acids is 1. The van der Waals surface area contributed by atoms with Crippen molar-refractivity contribution in [3.8, 4) is 5.75 Å². The van der Waals surface area contributed by atoms with E-state index in [1.807, 2.05) is 43.0 Å². The van der Waals surface area contributed by atoms with Crippen LogP contribution in [0.1, 0.15) is 56.6 Å². The molecule has 0 N–H and O–H groups in total. The van der Waals surface area contributed by atoms with E-state index in [4.69, 9.17) is 16.3 Å². The summed E-state index contributed by atoms with van der Waals surface area (Å²) in [5.74, 6) is 0.772. The summed E-state index contributed by atoms with van der Waals surface area (Å²) in [5, 5.41) is 0.668. The highest BCUT2D eigenvalue weighted by molar-refractivity contribution is 7.89. The van der Waals surface area contributed by atoms with Crippen LogP contribution < -0.4 is 4.74 Å². The first-order chi connectivity index (χ1) is 17.2. The number of piperidine rings is 2. The Morgan fingerprint density at radius 1 is 1.03 bits per heavy atom. The van der Waals surface area contributed by atoms with Gasteiger partial charge in [-0.15, -0.1) is 0 Å². The van der Waals surface area contributed by atoms with Gasteiger partial charge in [-0.2, -0.15) is 4.31 Å².